The molecule has 2 rings (SSSR count). The molecule has 0 spiro atoms. The van der Waals surface area contributed by atoms with E-state index in [0.29, 0.717) is 30.2 Å². The first-order chi connectivity index (χ1) is 11.9. The first-order valence-electron chi connectivity index (χ1n) is 7.51. The molecule has 8 heteroatoms. The molecule has 134 valence electrons. The molecule has 0 saturated heterocycles. The van der Waals surface area contributed by atoms with E-state index in [9.17, 15) is 18.0 Å². The number of aromatic nitrogens is 1. The van der Waals surface area contributed by atoms with E-state index in [1.165, 1.54) is 30.5 Å². The number of carbonyl (C=O) groups is 1. The van der Waals surface area contributed by atoms with E-state index in [1.807, 2.05) is 6.92 Å². The second-order valence-corrected chi connectivity index (χ2v) is 5.06. The fourth-order valence-electron chi connectivity index (χ4n) is 1.85. The molecule has 0 aliphatic rings. The maximum absolute atomic E-state index is 12.1. The van der Waals surface area contributed by atoms with Gasteiger partial charge in [-0.1, -0.05) is 0 Å². The summed E-state index contributed by atoms with van der Waals surface area (Å²) in [6.07, 6.45) is -2.96. The minimum atomic E-state index is -4.39. The number of nitrogens with zero attached hydrogens (tertiary/aromatic N) is 1. The maximum atomic E-state index is 12.1. The van der Waals surface area contributed by atoms with Gasteiger partial charge in [-0.05, 0) is 43.3 Å². The lowest BCUT2D eigenvalue weighted by Crippen LogP contribution is -2.19. The highest BCUT2D eigenvalue weighted by Crippen LogP contribution is 2.20. The van der Waals surface area contributed by atoms with Crippen LogP contribution in [0.3, 0.4) is 0 Å². The summed E-state index contributed by atoms with van der Waals surface area (Å²) in [5, 5.41) is 2.63. The van der Waals surface area contributed by atoms with E-state index >= 15 is 0 Å². The number of hydrogen-bond donors (Lipinski definition) is 1. The number of ether oxygens (including phenoxy) is 2. The van der Waals surface area contributed by atoms with Crippen LogP contribution < -0.4 is 10.1 Å². The van der Waals surface area contributed by atoms with E-state index in [0.717, 1.165) is 0 Å². The molecule has 1 heterocycles. The summed E-state index contributed by atoms with van der Waals surface area (Å²) in [5.74, 6) is -0.309. The Bertz CT molecular complexity index is 686. The molecule has 1 aromatic carbocycles. The number of halogens is 3. The highest BCUT2D eigenvalue weighted by Gasteiger charge is 2.28. The minimum absolute atomic E-state index is 0.0669. The molecule has 0 unspecified atom stereocenters. The second-order valence-electron chi connectivity index (χ2n) is 5.06. The number of benzene rings is 1. The van der Waals surface area contributed by atoms with Gasteiger partial charge in [0.25, 0.3) is 5.91 Å². The van der Waals surface area contributed by atoms with Crippen LogP contribution in [-0.2, 0) is 11.3 Å². The number of hydrogen-bond acceptors (Lipinski definition) is 4. The summed E-state index contributed by atoms with van der Waals surface area (Å²) >= 11 is 0. The Hall–Kier alpha value is -2.61. The largest absolute Gasteiger partial charge is 0.484 e. The van der Waals surface area contributed by atoms with Crippen LogP contribution in [0.15, 0.2) is 42.6 Å². The SMILES string of the molecule is CCOCc1ccc(C(=O)Nc2ccc(OCC(F)(F)F)cc2)cn1. The van der Waals surface area contributed by atoms with Crippen LogP contribution in [0.1, 0.15) is 23.0 Å². The van der Waals surface area contributed by atoms with Crippen molar-refractivity contribution in [1.82, 2.24) is 4.98 Å². The van der Waals surface area contributed by atoms with E-state index in [-0.39, 0.29) is 11.7 Å². The number of pyridine rings is 1. The van der Waals surface area contributed by atoms with Gasteiger partial charge in [-0.25, -0.2) is 0 Å². The highest BCUT2D eigenvalue weighted by molar-refractivity contribution is 6.04. The van der Waals surface area contributed by atoms with Crippen molar-refractivity contribution < 1.29 is 27.4 Å². The summed E-state index contributed by atoms with van der Waals surface area (Å²) in [5.41, 5.74) is 1.50. The molecule has 5 nitrogen and oxygen atoms in total. The summed E-state index contributed by atoms with van der Waals surface area (Å²) in [7, 11) is 0. The van der Waals surface area contributed by atoms with Crippen molar-refractivity contribution in [1.29, 1.82) is 0 Å². The Labute approximate surface area is 142 Å². The van der Waals surface area contributed by atoms with Gasteiger partial charge < -0.3 is 14.8 Å². The van der Waals surface area contributed by atoms with Crippen LogP contribution in [0.4, 0.5) is 18.9 Å². The number of anilines is 1. The summed E-state index contributed by atoms with van der Waals surface area (Å²) in [6.45, 7) is 1.46. The summed E-state index contributed by atoms with van der Waals surface area (Å²) in [4.78, 5) is 16.2. The Kier molecular flexibility index (Phi) is 6.35. The fourth-order valence-corrected chi connectivity index (χ4v) is 1.85. The van der Waals surface area contributed by atoms with Gasteiger partial charge in [0.15, 0.2) is 6.61 Å². The van der Waals surface area contributed by atoms with Crippen LogP contribution >= 0.6 is 0 Å². The molecule has 2 aromatic rings. The predicted molar refractivity (Wildman–Crippen MR) is 85.5 cm³/mol. The third-order valence-electron chi connectivity index (χ3n) is 3.06. The monoisotopic (exact) mass is 354 g/mol. The quantitative estimate of drug-likeness (QED) is 0.821. The van der Waals surface area contributed by atoms with E-state index < -0.39 is 12.8 Å². The fraction of sp³-hybridized carbons (Fsp3) is 0.294. The van der Waals surface area contributed by atoms with Gasteiger partial charge in [0.05, 0.1) is 17.9 Å². The zero-order valence-electron chi connectivity index (χ0n) is 13.5. The van der Waals surface area contributed by atoms with Crippen LogP contribution in [0.5, 0.6) is 5.75 Å². The van der Waals surface area contributed by atoms with Crippen LogP contribution in [-0.4, -0.2) is 30.3 Å². The Balaban J connectivity index is 1.91. The van der Waals surface area contributed by atoms with Crippen molar-refractivity contribution in [3.8, 4) is 5.75 Å². The first-order valence-corrected chi connectivity index (χ1v) is 7.51. The summed E-state index contributed by atoms with van der Waals surface area (Å²) in [6, 6.07) is 8.94. The molecular formula is C17H17F3N2O3. The highest BCUT2D eigenvalue weighted by atomic mass is 19.4. The third-order valence-corrected chi connectivity index (χ3v) is 3.06. The van der Waals surface area contributed by atoms with Gasteiger partial charge in [-0.3, -0.25) is 9.78 Å². The molecular weight excluding hydrogens is 337 g/mol. The molecule has 0 radical (unpaired) electrons. The van der Waals surface area contributed by atoms with E-state index in [1.54, 1.807) is 12.1 Å². The summed E-state index contributed by atoms with van der Waals surface area (Å²) < 4.78 is 46.1. The Morgan fingerprint density at radius 3 is 2.44 bits per heavy atom. The number of alkyl halides is 3. The van der Waals surface area contributed by atoms with Crippen molar-refractivity contribution >= 4 is 11.6 Å². The van der Waals surface area contributed by atoms with Crippen molar-refractivity contribution in [2.45, 2.75) is 19.7 Å². The number of amides is 1. The molecule has 0 bridgehead atoms. The molecule has 0 aliphatic heterocycles. The average molecular weight is 354 g/mol. The minimum Gasteiger partial charge on any atom is -0.484 e. The van der Waals surface area contributed by atoms with Gasteiger partial charge in [0.1, 0.15) is 5.75 Å². The molecule has 0 atom stereocenters. The van der Waals surface area contributed by atoms with Crippen molar-refractivity contribution in [3.05, 3.63) is 53.9 Å². The zero-order valence-corrected chi connectivity index (χ0v) is 13.5. The van der Waals surface area contributed by atoms with Crippen LogP contribution in [0.2, 0.25) is 0 Å². The maximum Gasteiger partial charge on any atom is 0.422 e. The Morgan fingerprint density at radius 1 is 1.16 bits per heavy atom. The topological polar surface area (TPSA) is 60.5 Å². The predicted octanol–water partition coefficient (Wildman–Crippen LogP) is 3.81. The van der Waals surface area contributed by atoms with Gasteiger partial charge in [-0.15, -0.1) is 0 Å². The smallest absolute Gasteiger partial charge is 0.422 e. The van der Waals surface area contributed by atoms with Gasteiger partial charge in [-0.2, -0.15) is 13.2 Å². The van der Waals surface area contributed by atoms with Crippen molar-refractivity contribution in [2.75, 3.05) is 18.5 Å². The molecule has 25 heavy (non-hydrogen) atoms. The van der Waals surface area contributed by atoms with Gasteiger partial charge >= 0.3 is 6.18 Å². The molecule has 0 saturated carbocycles. The van der Waals surface area contributed by atoms with E-state index in [2.05, 4.69) is 15.0 Å². The zero-order chi connectivity index (χ0) is 18.3. The second kappa shape index (κ2) is 8.48. The van der Waals surface area contributed by atoms with Gasteiger partial charge in [0, 0.05) is 18.5 Å². The van der Waals surface area contributed by atoms with E-state index in [4.69, 9.17) is 4.74 Å². The Morgan fingerprint density at radius 2 is 1.88 bits per heavy atom. The number of rotatable bonds is 7. The van der Waals surface area contributed by atoms with Crippen molar-refractivity contribution in [2.24, 2.45) is 0 Å². The van der Waals surface area contributed by atoms with Crippen molar-refractivity contribution in [3.63, 3.8) is 0 Å². The first kappa shape index (κ1) is 18.7. The lowest BCUT2D eigenvalue weighted by Gasteiger charge is -2.10. The molecule has 0 fully saturated rings. The molecule has 0 aliphatic carbocycles. The molecule has 1 N–H and O–H groups in total. The number of carbonyl (C=O) groups excluding carboxylic acids is 1. The molecule has 1 amide bonds. The van der Waals surface area contributed by atoms with Gasteiger partial charge in [0.2, 0.25) is 0 Å². The standard InChI is InChI=1S/C17H17F3N2O3/c1-2-24-10-14-4-3-12(9-21-14)16(23)22-13-5-7-15(8-6-13)25-11-17(18,19)20/h3-9H,2,10-11H2,1H3,(H,22,23). The number of nitrogens with one attached hydrogen (secondary N) is 1. The molecule has 1 aromatic heterocycles. The third kappa shape index (κ3) is 6.42. The van der Waals surface area contributed by atoms with Crippen LogP contribution in [0.25, 0.3) is 0 Å². The lowest BCUT2D eigenvalue weighted by molar-refractivity contribution is -0.153. The lowest BCUT2D eigenvalue weighted by atomic mass is 10.2. The normalized spacial score (nSPS) is 11.2. The van der Waals surface area contributed by atoms with Crippen LogP contribution in [0, 0.1) is 0 Å². The average Bonchev–Trinajstić information content (AvgIpc) is 2.59.